The fourth-order valence-corrected chi connectivity index (χ4v) is 1.97. The van der Waals surface area contributed by atoms with Gasteiger partial charge in [0.05, 0.1) is 12.5 Å². The van der Waals surface area contributed by atoms with Gasteiger partial charge >= 0.3 is 5.97 Å². The molecule has 0 aliphatic carbocycles. The van der Waals surface area contributed by atoms with Crippen molar-refractivity contribution in [3.8, 4) is 0 Å². The van der Waals surface area contributed by atoms with Crippen molar-refractivity contribution in [2.75, 3.05) is 7.11 Å². The van der Waals surface area contributed by atoms with Crippen LogP contribution in [0.15, 0.2) is 30.5 Å². The summed E-state index contributed by atoms with van der Waals surface area (Å²) in [7, 11) is 1.44. The summed E-state index contributed by atoms with van der Waals surface area (Å²) in [6, 6.07) is 7.25. The first-order chi connectivity index (χ1) is 9.63. The molecule has 6 heteroatoms. The van der Waals surface area contributed by atoms with Crippen molar-refractivity contribution in [2.45, 2.75) is 25.2 Å². The summed E-state index contributed by atoms with van der Waals surface area (Å²) in [6.45, 7) is 0. The average Bonchev–Trinajstić information content (AvgIpc) is 2.46. The van der Waals surface area contributed by atoms with Crippen LogP contribution < -0.4 is 0 Å². The fraction of sp³-hybridized carbons (Fsp3) is 0.357. The van der Waals surface area contributed by atoms with E-state index in [4.69, 9.17) is 14.7 Å². The molecular weight excluding hydrogens is 264 g/mol. The highest BCUT2D eigenvalue weighted by atomic mass is 17.1. The number of carbonyl (C=O) groups excluding carboxylic acids is 1. The lowest BCUT2D eigenvalue weighted by Gasteiger charge is -2.19. The van der Waals surface area contributed by atoms with E-state index in [-0.39, 0.29) is 6.42 Å². The number of aliphatic hydroxyl groups excluding tert-OH is 1. The SMILES string of the molecule is COC(Cc1ccc(C2=COC(=O)CC2O)cc1)OO. The highest BCUT2D eigenvalue weighted by molar-refractivity contribution is 5.81. The van der Waals surface area contributed by atoms with Crippen molar-refractivity contribution in [1.29, 1.82) is 0 Å². The molecule has 0 fully saturated rings. The molecule has 6 nitrogen and oxygen atoms in total. The van der Waals surface area contributed by atoms with Crippen LogP contribution >= 0.6 is 0 Å². The Balaban J connectivity index is 2.10. The zero-order valence-electron chi connectivity index (χ0n) is 11.0. The Hall–Kier alpha value is -1.73. The van der Waals surface area contributed by atoms with Gasteiger partial charge in [-0.25, -0.2) is 10.1 Å². The van der Waals surface area contributed by atoms with Crippen LogP contribution in [0.4, 0.5) is 0 Å². The molecule has 2 N–H and O–H groups in total. The molecular formula is C14H16O6. The molecule has 0 aromatic heterocycles. The Labute approximate surface area is 116 Å². The lowest BCUT2D eigenvalue weighted by atomic mass is 9.97. The Morgan fingerprint density at radius 3 is 2.65 bits per heavy atom. The predicted octanol–water partition coefficient (Wildman–Crippen LogP) is 1.34. The third-order valence-electron chi connectivity index (χ3n) is 3.11. The highest BCUT2D eigenvalue weighted by Gasteiger charge is 2.23. The van der Waals surface area contributed by atoms with Gasteiger partial charge in [0, 0.05) is 19.1 Å². The predicted molar refractivity (Wildman–Crippen MR) is 69.3 cm³/mol. The second kappa shape index (κ2) is 6.62. The number of benzene rings is 1. The lowest BCUT2D eigenvalue weighted by molar-refractivity contribution is -0.339. The number of cyclic esters (lactones) is 1. The lowest BCUT2D eigenvalue weighted by Crippen LogP contribution is -2.21. The van der Waals surface area contributed by atoms with Crippen LogP contribution in [0.2, 0.25) is 0 Å². The van der Waals surface area contributed by atoms with Gasteiger partial charge in [-0.15, -0.1) is 0 Å². The topological polar surface area (TPSA) is 85.2 Å². The van der Waals surface area contributed by atoms with Crippen molar-refractivity contribution in [2.24, 2.45) is 0 Å². The van der Waals surface area contributed by atoms with Gasteiger partial charge in [0.15, 0.2) is 6.29 Å². The molecule has 0 saturated carbocycles. The van der Waals surface area contributed by atoms with Gasteiger partial charge in [0.25, 0.3) is 0 Å². The molecule has 1 heterocycles. The summed E-state index contributed by atoms with van der Waals surface area (Å²) < 4.78 is 9.71. The van der Waals surface area contributed by atoms with Crippen LogP contribution in [0.1, 0.15) is 17.5 Å². The smallest absolute Gasteiger partial charge is 0.313 e. The van der Waals surface area contributed by atoms with Crippen LogP contribution in [-0.4, -0.2) is 35.8 Å². The average molecular weight is 280 g/mol. The molecule has 2 unspecified atom stereocenters. The summed E-state index contributed by atoms with van der Waals surface area (Å²) in [4.78, 5) is 15.2. The van der Waals surface area contributed by atoms with Gasteiger partial charge in [0.2, 0.25) is 0 Å². The van der Waals surface area contributed by atoms with E-state index in [1.165, 1.54) is 13.4 Å². The van der Waals surface area contributed by atoms with Crippen LogP contribution in [-0.2, 0) is 25.6 Å². The third-order valence-corrected chi connectivity index (χ3v) is 3.11. The molecule has 1 aliphatic heterocycles. The normalized spacial score (nSPS) is 20.2. The number of ether oxygens (including phenoxy) is 2. The maximum absolute atomic E-state index is 11.0. The minimum absolute atomic E-state index is 0.0440. The van der Waals surface area contributed by atoms with E-state index in [0.29, 0.717) is 12.0 Å². The number of carbonyl (C=O) groups is 1. The summed E-state index contributed by atoms with van der Waals surface area (Å²) in [5.74, 6) is -0.444. The maximum atomic E-state index is 11.0. The molecule has 0 radical (unpaired) electrons. The van der Waals surface area contributed by atoms with Crippen LogP contribution in [0, 0.1) is 0 Å². The summed E-state index contributed by atoms with van der Waals surface area (Å²) in [5, 5.41) is 18.4. The Morgan fingerprint density at radius 1 is 1.40 bits per heavy atom. The number of esters is 1. The molecule has 1 aromatic rings. The van der Waals surface area contributed by atoms with Crippen molar-refractivity contribution < 1.29 is 29.5 Å². The van der Waals surface area contributed by atoms with Crippen molar-refractivity contribution >= 4 is 11.5 Å². The standard InChI is InChI=1S/C14H16O6/c1-18-14(20-17)6-9-2-4-10(5-3-9)11-8-19-13(16)7-12(11)15/h2-5,8,12,14-15,17H,6-7H2,1H3. The number of hydrogen-bond donors (Lipinski definition) is 2. The van der Waals surface area contributed by atoms with Gasteiger partial charge in [0.1, 0.15) is 6.26 Å². The van der Waals surface area contributed by atoms with E-state index in [9.17, 15) is 9.90 Å². The number of methoxy groups -OCH3 is 1. The first-order valence-corrected chi connectivity index (χ1v) is 6.14. The van der Waals surface area contributed by atoms with Gasteiger partial charge in [-0.05, 0) is 11.1 Å². The zero-order chi connectivity index (χ0) is 14.5. The minimum atomic E-state index is -0.852. The molecule has 20 heavy (non-hydrogen) atoms. The molecule has 2 atom stereocenters. The molecule has 0 saturated heterocycles. The number of rotatable bonds is 5. The Kier molecular flexibility index (Phi) is 4.86. The van der Waals surface area contributed by atoms with Gasteiger partial charge in [-0.1, -0.05) is 24.3 Å². The van der Waals surface area contributed by atoms with Crippen LogP contribution in [0.25, 0.3) is 5.57 Å². The molecule has 0 spiro atoms. The second-order valence-electron chi connectivity index (χ2n) is 4.45. The van der Waals surface area contributed by atoms with Crippen molar-refractivity contribution in [3.05, 3.63) is 41.7 Å². The van der Waals surface area contributed by atoms with Crippen LogP contribution in [0.5, 0.6) is 0 Å². The van der Waals surface area contributed by atoms with Gasteiger partial charge in [-0.2, -0.15) is 0 Å². The van der Waals surface area contributed by atoms with Crippen molar-refractivity contribution in [3.63, 3.8) is 0 Å². The first-order valence-electron chi connectivity index (χ1n) is 6.14. The number of aliphatic hydroxyl groups is 1. The van der Waals surface area contributed by atoms with E-state index >= 15 is 0 Å². The summed E-state index contributed by atoms with van der Waals surface area (Å²) in [6.07, 6.45) is 0.0536. The van der Waals surface area contributed by atoms with Crippen molar-refractivity contribution in [1.82, 2.24) is 0 Å². The van der Waals surface area contributed by atoms with Gasteiger partial charge in [-0.3, -0.25) is 4.79 Å². The Bertz CT molecular complexity index is 489. The summed E-state index contributed by atoms with van der Waals surface area (Å²) >= 11 is 0. The van der Waals surface area contributed by atoms with E-state index < -0.39 is 18.4 Å². The van der Waals surface area contributed by atoms with E-state index in [1.54, 1.807) is 12.1 Å². The van der Waals surface area contributed by atoms with E-state index in [0.717, 1.165) is 11.1 Å². The molecule has 0 bridgehead atoms. The van der Waals surface area contributed by atoms with Crippen LogP contribution in [0.3, 0.4) is 0 Å². The third kappa shape index (κ3) is 3.43. The van der Waals surface area contributed by atoms with Gasteiger partial charge < -0.3 is 14.6 Å². The molecule has 1 aromatic carbocycles. The molecule has 0 amide bonds. The number of hydrogen-bond acceptors (Lipinski definition) is 6. The summed E-state index contributed by atoms with van der Waals surface area (Å²) in [5.41, 5.74) is 2.24. The largest absolute Gasteiger partial charge is 0.434 e. The fourth-order valence-electron chi connectivity index (χ4n) is 1.97. The monoisotopic (exact) mass is 280 g/mol. The molecule has 2 rings (SSSR count). The second-order valence-corrected chi connectivity index (χ2v) is 4.45. The van der Waals surface area contributed by atoms with E-state index in [2.05, 4.69) is 4.89 Å². The maximum Gasteiger partial charge on any atom is 0.313 e. The molecule has 108 valence electrons. The Morgan fingerprint density at radius 2 is 2.10 bits per heavy atom. The first kappa shape index (κ1) is 14.7. The zero-order valence-corrected chi connectivity index (χ0v) is 11.0. The van der Waals surface area contributed by atoms with E-state index in [1.807, 2.05) is 12.1 Å². The quantitative estimate of drug-likeness (QED) is 0.366. The minimum Gasteiger partial charge on any atom is -0.434 e. The highest BCUT2D eigenvalue weighted by Crippen LogP contribution is 2.25. The molecule has 1 aliphatic rings.